The fourth-order valence-corrected chi connectivity index (χ4v) is 4.18. The summed E-state index contributed by atoms with van der Waals surface area (Å²) >= 11 is 0. The molecule has 0 aliphatic rings. The van der Waals surface area contributed by atoms with Crippen LogP contribution in [0.15, 0.2) is 27.8 Å². The Morgan fingerprint density at radius 1 is 0.975 bits per heavy atom. The average molecular weight is 589 g/mol. The predicted octanol–water partition coefficient (Wildman–Crippen LogP) is -0.526. The van der Waals surface area contributed by atoms with Crippen molar-refractivity contribution in [3.63, 3.8) is 0 Å². The van der Waals surface area contributed by atoms with Gasteiger partial charge < -0.3 is 44.4 Å². The molecule has 0 bridgehead atoms. The van der Waals surface area contributed by atoms with Crippen molar-refractivity contribution in [2.75, 3.05) is 73.7 Å². The maximum Gasteiger partial charge on any atom is 0.336 e. The van der Waals surface area contributed by atoms with Gasteiger partial charge in [0.1, 0.15) is 5.76 Å². The summed E-state index contributed by atoms with van der Waals surface area (Å²) in [6.07, 6.45) is 1.21. The lowest BCUT2D eigenvalue weighted by Gasteiger charge is -2.33. The molecule has 15 nitrogen and oxygen atoms in total. The van der Waals surface area contributed by atoms with Gasteiger partial charge >= 0.3 is 17.9 Å². The molecule has 0 radical (unpaired) electrons. The summed E-state index contributed by atoms with van der Waals surface area (Å²) in [5.41, 5.74) is -2.74. The van der Waals surface area contributed by atoms with Gasteiger partial charge in [0, 0.05) is 56.3 Å². The minimum absolute atomic E-state index is 0.399. The van der Waals surface area contributed by atoms with Crippen molar-refractivity contribution in [3.05, 3.63) is 24.2 Å². The smallest absolute Gasteiger partial charge is 0.336 e. The standard InChI is InChI=1S/C18H32N6O2S.C6H8O7/c1-21(2)8-10-24(11-9-22(3)4)18(20-16-19)23(5)12-14-27(25)15-17-7-6-13-26-17;7-3(8)1-6(13,5(11)12)2-4(9)10/h6-7,13H,8-12,14-15H2,1-5H3;13H,1-2H2,(H,7,8)(H,9,10)(H,11,12). The zero-order valence-corrected chi connectivity index (χ0v) is 24.3. The predicted molar refractivity (Wildman–Crippen MR) is 147 cm³/mol. The van der Waals surface area contributed by atoms with E-state index in [0.29, 0.717) is 24.0 Å². The molecular weight excluding hydrogens is 548 g/mol. The summed E-state index contributed by atoms with van der Waals surface area (Å²) in [6.45, 7) is 3.79. The lowest BCUT2D eigenvalue weighted by molar-refractivity contribution is -0.170. The van der Waals surface area contributed by atoms with Crippen LogP contribution in [0.3, 0.4) is 0 Å². The van der Waals surface area contributed by atoms with Gasteiger partial charge in [0.05, 0.1) is 24.9 Å². The van der Waals surface area contributed by atoms with Crippen LogP contribution >= 0.6 is 0 Å². The van der Waals surface area contributed by atoms with Crippen molar-refractivity contribution in [1.29, 1.82) is 5.26 Å². The highest BCUT2D eigenvalue weighted by atomic mass is 32.2. The van der Waals surface area contributed by atoms with E-state index in [0.717, 1.165) is 31.9 Å². The summed E-state index contributed by atoms with van der Waals surface area (Å²) in [4.78, 5) is 42.8. The number of nitrogens with zero attached hydrogens (tertiary/aromatic N) is 6. The van der Waals surface area contributed by atoms with Crippen LogP contribution in [0.4, 0.5) is 0 Å². The first kappa shape index (κ1) is 36.5. The molecule has 1 aromatic rings. The van der Waals surface area contributed by atoms with E-state index >= 15 is 0 Å². The zero-order valence-electron chi connectivity index (χ0n) is 23.5. The fraction of sp³-hybridized carbons (Fsp3) is 0.625. The van der Waals surface area contributed by atoms with E-state index in [-0.39, 0.29) is 0 Å². The van der Waals surface area contributed by atoms with Gasteiger partial charge in [0.2, 0.25) is 12.2 Å². The van der Waals surface area contributed by atoms with Crippen LogP contribution in [0.5, 0.6) is 0 Å². The number of carboxylic acid groups (broad SMARTS) is 3. The first-order chi connectivity index (χ1) is 18.6. The second-order valence-electron chi connectivity index (χ2n) is 9.37. The highest BCUT2D eigenvalue weighted by molar-refractivity contribution is 7.84. The van der Waals surface area contributed by atoms with Crippen molar-refractivity contribution in [1.82, 2.24) is 19.6 Å². The Kier molecular flexibility index (Phi) is 17.1. The maximum absolute atomic E-state index is 12.3. The van der Waals surface area contributed by atoms with Crippen LogP contribution in [0, 0.1) is 11.5 Å². The molecular formula is C24H40N6O9S. The number of carbonyl (C=O) groups is 3. The molecule has 16 heteroatoms. The van der Waals surface area contributed by atoms with Gasteiger partial charge in [-0.3, -0.25) is 13.8 Å². The van der Waals surface area contributed by atoms with Crippen LogP contribution in [0.25, 0.3) is 0 Å². The molecule has 40 heavy (non-hydrogen) atoms. The Morgan fingerprint density at radius 2 is 1.50 bits per heavy atom. The maximum atomic E-state index is 12.3. The van der Waals surface area contributed by atoms with Gasteiger partial charge in [0.25, 0.3) is 0 Å². The van der Waals surface area contributed by atoms with E-state index in [2.05, 4.69) is 19.7 Å². The SMILES string of the molecule is CN(C)CCN(CCN(C)C)C(=NC#N)N(C)CCS(=O)Cc1ccco1.O=C(O)CC(O)(CC(=O)O)C(=O)O. The topological polar surface area (TPSA) is 211 Å². The Morgan fingerprint density at radius 3 is 1.88 bits per heavy atom. The monoisotopic (exact) mass is 588 g/mol. The number of likely N-dealkylation sites (N-methyl/N-ethyl adjacent to an activating group) is 2. The van der Waals surface area contributed by atoms with Crippen molar-refractivity contribution >= 4 is 34.7 Å². The number of aliphatic carboxylic acids is 3. The molecule has 0 aromatic carbocycles. The molecule has 0 spiro atoms. The van der Waals surface area contributed by atoms with Gasteiger partial charge in [-0.25, -0.2) is 4.79 Å². The number of guanidine groups is 1. The van der Waals surface area contributed by atoms with E-state index in [9.17, 15) is 18.6 Å². The quantitative estimate of drug-likeness (QED) is 0.109. The first-order valence-electron chi connectivity index (χ1n) is 12.1. The fourth-order valence-electron chi connectivity index (χ4n) is 3.07. The summed E-state index contributed by atoms with van der Waals surface area (Å²) < 4.78 is 17.5. The van der Waals surface area contributed by atoms with Crippen LogP contribution in [0.2, 0.25) is 0 Å². The van der Waals surface area contributed by atoms with Crippen LogP contribution in [0.1, 0.15) is 18.6 Å². The van der Waals surface area contributed by atoms with E-state index in [1.54, 1.807) is 12.3 Å². The highest BCUT2D eigenvalue weighted by Crippen LogP contribution is 2.15. The molecule has 0 aliphatic heterocycles. The number of hydrogen-bond acceptors (Lipinski definition) is 10. The molecule has 1 aromatic heterocycles. The first-order valence-corrected chi connectivity index (χ1v) is 13.6. The lowest BCUT2D eigenvalue weighted by atomic mass is 9.96. The Hall–Kier alpha value is -3.52. The van der Waals surface area contributed by atoms with Crippen molar-refractivity contribution in [3.8, 4) is 6.19 Å². The molecule has 1 heterocycles. The van der Waals surface area contributed by atoms with Crippen LogP contribution in [-0.2, 0) is 30.9 Å². The van der Waals surface area contributed by atoms with Gasteiger partial charge in [-0.15, -0.1) is 4.99 Å². The summed E-state index contributed by atoms with van der Waals surface area (Å²) in [5, 5.41) is 43.0. The molecule has 0 aliphatic carbocycles. The molecule has 1 rings (SSSR count). The number of carboxylic acids is 3. The van der Waals surface area contributed by atoms with E-state index in [1.165, 1.54) is 0 Å². The molecule has 1 atom stereocenters. The minimum atomic E-state index is -2.74. The Bertz CT molecular complexity index is 997. The third-order valence-corrected chi connectivity index (χ3v) is 6.48. The normalized spacial score (nSPS) is 12.3. The molecule has 226 valence electrons. The lowest BCUT2D eigenvalue weighted by Crippen LogP contribution is -2.48. The second-order valence-corrected chi connectivity index (χ2v) is 10.9. The van der Waals surface area contributed by atoms with E-state index in [4.69, 9.17) is 30.1 Å². The number of aliphatic imine (C=N–C) groups is 1. The largest absolute Gasteiger partial charge is 0.481 e. The minimum Gasteiger partial charge on any atom is -0.481 e. The van der Waals surface area contributed by atoms with Crippen molar-refractivity contribution in [2.24, 2.45) is 4.99 Å². The zero-order chi connectivity index (χ0) is 30.9. The molecule has 0 fully saturated rings. The molecule has 0 saturated carbocycles. The number of nitriles is 1. The second kappa shape index (κ2) is 18.7. The van der Waals surface area contributed by atoms with Crippen molar-refractivity contribution in [2.45, 2.75) is 24.2 Å². The van der Waals surface area contributed by atoms with Gasteiger partial charge in [-0.05, 0) is 40.3 Å². The summed E-state index contributed by atoms with van der Waals surface area (Å²) in [6, 6.07) is 3.62. The molecule has 4 N–H and O–H groups in total. The third kappa shape index (κ3) is 15.8. The summed E-state index contributed by atoms with van der Waals surface area (Å²) in [7, 11) is 8.94. The van der Waals surface area contributed by atoms with Crippen LogP contribution < -0.4 is 0 Å². The molecule has 0 saturated heterocycles. The van der Waals surface area contributed by atoms with Gasteiger partial charge in [0.15, 0.2) is 5.60 Å². The van der Waals surface area contributed by atoms with E-state index in [1.807, 2.05) is 52.4 Å². The number of hydrogen-bond donors (Lipinski definition) is 4. The van der Waals surface area contributed by atoms with Crippen LogP contribution in [-0.4, -0.2) is 147 Å². The highest BCUT2D eigenvalue weighted by Gasteiger charge is 2.40. The molecule has 1 unspecified atom stereocenters. The number of rotatable bonds is 16. The Labute approximate surface area is 236 Å². The third-order valence-electron chi connectivity index (χ3n) is 5.23. The number of aliphatic hydroxyl groups is 1. The van der Waals surface area contributed by atoms with Gasteiger partial charge in [-0.1, -0.05) is 0 Å². The Balaban J connectivity index is 0.000000983. The molecule has 0 amide bonds. The van der Waals surface area contributed by atoms with E-state index < -0.39 is 47.2 Å². The van der Waals surface area contributed by atoms with Crippen molar-refractivity contribution < 1.29 is 43.4 Å². The average Bonchev–Trinajstić information content (AvgIpc) is 3.33. The summed E-state index contributed by atoms with van der Waals surface area (Å²) in [5.74, 6) is -2.79. The number of furan rings is 1. The van der Waals surface area contributed by atoms with Gasteiger partial charge in [-0.2, -0.15) is 5.26 Å².